The zero-order valence-corrected chi connectivity index (χ0v) is 16.6. The Kier molecular flexibility index (Phi) is 5.47. The Balaban J connectivity index is 1.34. The van der Waals surface area contributed by atoms with E-state index < -0.39 is 0 Å². The molecule has 4 rings (SSSR count). The van der Waals surface area contributed by atoms with Crippen LogP contribution in [0.2, 0.25) is 0 Å². The van der Waals surface area contributed by atoms with Crippen LogP contribution in [0, 0.1) is 0 Å². The molecular formula is C19H25N7S. The summed E-state index contributed by atoms with van der Waals surface area (Å²) in [6, 6.07) is 4.54. The van der Waals surface area contributed by atoms with Crippen molar-refractivity contribution >= 4 is 17.2 Å². The summed E-state index contributed by atoms with van der Waals surface area (Å²) in [7, 11) is 4.22. The van der Waals surface area contributed by atoms with Crippen LogP contribution in [0.5, 0.6) is 0 Å². The summed E-state index contributed by atoms with van der Waals surface area (Å²) in [4.78, 5) is 14.5. The van der Waals surface area contributed by atoms with Crippen LogP contribution in [-0.2, 0) is 32.7 Å². The molecule has 0 spiro atoms. The molecule has 3 aromatic rings. The zero-order chi connectivity index (χ0) is 18.6. The standard InChI is InChI=1S/C19H25N7S/c1-24(2)11-15-7-18(27-14-15)13-25-5-6-26-17(12-25)8-16(23-26)9-22-19-10-20-3-4-21-19/h3-4,7-8,10,14H,5-6,9,11-13H2,1-2H3,(H,21,22). The number of aromatic nitrogens is 4. The van der Waals surface area contributed by atoms with Crippen molar-refractivity contribution in [3.8, 4) is 0 Å². The molecule has 0 aliphatic carbocycles. The Bertz CT molecular complexity index is 871. The number of hydrogen-bond donors (Lipinski definition) is 1. The Labute approximate surface area is 163 Å². The van der Waals surface area contributed by atoms with Crippen molar-refractivity contribution in [2.24, 2.45) is 0 Å². The van der Waals surface area contributed by atoms with E-state index in [4.69, 9.17) is 5.10 Å². The second kappa shape index (κ2) is 8.16. The van der Waals surface area contributed by atoms with Crippen molar-refractivity contribution < 1.29 is 0 Å². The molecular weight excluding hydrogens is 358 g/mol. The molecule has 1 aliphatic heterocycles. The summed E-state index contributed by atoms with van der Waals surface area (Å²) >= 11 is 1.86. The van der Waals surface area contributed by atoms with Gasteiger partial charge in [0, 0.05) is 43.4 Å². The molecule has 4 heterocycles. The second-order valence-corrected chi connectivity index (χ2v) is 8.16. The molecule has 0 atom stereocenters. The number of nitrogens with zero attached hydrogens (tertiary/aromatic N) is 6. The number of nitrogens with one attached hydrogen (secondary N) is 1. The lowest BCUT2D eigenvalue weighted by Crippen LogP contribution is -2.33. The molecule has 8 heteroatoms. The first-order valence-corrected chi connectivity index (χ1v) is 10.0. The van der Waals surface area contributed by atoms with Gasteiger partial charge in [-0.25, -0.2) is 4.98 Å². The predicted octanol–water partition coefficient (Wildman–Crippen LogP) is 2.42. The van der Waals surface area contributed by atoms with Gasteiger partial charge < -0.3 is 10.2 Å². The summed E-state index contributed by atoms with van der Waals surface area (Å²) in [5.74, 6) is 0.774. The minimum atomic E-state index is 0.664. The zero-order valence-electron chi connectivity index (χ0n) is 15.8. The Morgan fingerprint density at radius 2 is 2.15 bits per heavy atom. The summed E-state index contributed by atoms with van der Waals surface area (Å²) < 4.78 is 2.13. The van der Waals surface area contributed by atoms with Gasteiger partial charge in [0.25, 0.3) is 0 Å². The number of rotatable bonds is 7. The van der Waals surface area contributed by atoms with E-state index in [-0.39, 0.29) is 0 Å². The van der Waals surface area contributed by atoms with Crippen LogP contribution in [0.1, 0.15) is 21.8 Å². The Hall–Kier alpha value is -2.29. The third-order valence-electron chi connectivity index (χ3n) is 4.53. The largest absolute Gasteiger partial charge is 0.363 e. The average Bonchev–Trinajstić information content (AvgIpc) is 3.26. The first-order chi connectivity index (χ1) is 13.2. The monoisotopic (exact) mass is 383 g/mol. The van der Waals surface area contributed by atoms with Crippen LogP contribution in [0.25, 0.3) is 0 Å². The summed E-state index contributed by atoms with van der Waals surface area (Å²) in [5.41, 5.74) is 3.73. The summed E-state index contributed by atoms with van der Waals surface area (Å²) in [6.07, 6.45) is 5.09. The van der Waals surface area contributed by atoms with Gasteiger partial charge in [0.1, 0.15) is 5.82 Å². The highest BCUT2D eigenvalue weighted by Crippen LogP contribution is 2.21. The molecule has 0 aromatic carbocycles. The Morgan fingerprint density at radius 1 is 1.22 bits per heavy atom. The van der Waals surface area contributed by atoms with Crippen molar-refractivity contribution in [1.29, 1.82) is 0 Å². The first kappa shape index (κ1) is 18.1. The SMILES string of the molecule is CN(C)Cc1csc(CN2CCn3nc(CNc4cnccn4)cc3C2)c1. The molecule has 0 saturated heterocycles. The Morgan fingerprint density at radius 3 is 2.96 bits per heavy atom. The van der Waals surface area contributed by atoms with E-state index >= 15 is 0 Å². The normalized spacial score (nSPS) is 14.5. The molecule has 0 fully saturated rings. The maximum absolute atomic E-state index is 4.72. The lowest BCUT2D eigenvalue weighted by atomic mass is 10.2. The maximum atomic E-state index is 4.72. The number of hydrogen-bond acceptors (Lipinski definition) is 7. The first-order valence-electron chi connectivity index (χ1n) is 9.14. The van der Waals surface area contributed by atoms with Gasteiger partial charge in [-0.3, -0.25) is 14.6 Å². The number of anilines is 1. The summed E-state index contributed by atoms with van der Waals surface area (Å²) in [6.45, 7) is 5.60. The third kappa shape index (κ3) is 4.71. The van der Waals surface area contributed by atoms with Gasteiger partial charge in [0.05, 0.1) is 30.7 Å². The lowest BCUT2D eigenvalue weighted by molar-refractivity contribution is 0.207. The number of fused-ring (bicyclic) bond motifs is 1. The molecule has 1 aliphatic rings. The molecule has 27 heavy (non-hydrogen) atoms. The van der Waals surface area contributed by atoms with E-state index in [1.165, 1.54) is 16.1 Å². The average molecular weight is 384 g/mol. The van der Waals surface area contributed by atoms with Gasteiger partial charge in [0.2, 0.25) is 0 Å². The fourth-order valence-electron chi connectivity index (χ4n) is 3.35. The van der Waals surface area contributed by atoms with Crippen LogP contribution in [0.3, 0.4) is 0 Å². The molecule has 0 amide bonds. The highest BCUT2D eigenvalue weighted by molar-refractivity contribution is 7.10. The van der Waals surface area contributed by atoms with Crippen LogP contribution in [0.4, 0.5) is 5.82 Å². The van der Waals surface area contributed by atoms with Crippen LogP contribution in [0.15, 0.2) is 36.1 Å². The van der Waals surface area contributed by atoms with E-state index in [2.05, 4.69) is 61.4 Å². The minimum absolute atomic E-state index is 0.664. The van der Waals surface area contributed by atoms with Crippen LogP contribution < -0.4 is 5.32 Å². The van der Waals surface area contributed by atoms with Gasteiger partial charge in [-0.15, -0.1) is 11.3 Å². The number of thiophene rings is 1. The van der Waals surface area contributed by atoms with Crippen molar-refractivity contribution in [2.45, 2.75) is 32.7 Å². The van der Waals surface area contributed by atoms with Gasteiger partial charge in [-0.2, -0.15) is 5.10 Å². The van der Waals surface area contributed by atoms with Crippen molar-refractivity contribution in [1.82, 2.24) is 29.5 Å². The molecule has 142 valence electrons. The molecule has 0 unspecified atom stereocenters. The molecule has 1 N–H and O–H groups in total. The smallest absolute Gasteiger partial charge is 0.144 e. The van der Waals surface area contributed by atoms with Gasteiger partial charge in [-0.05, 0) is 37.2 Å². The third-order valence-corrected chi connectivity index (χ3v) is 5.50. The minimum Gasteiger partial charge on any atom is -0.363 e. The van der Waals surface area contributed by atoms with Crippen LogP contribution in [-0.4, -0.2) is 50.2 Å². The van der Waals surface area contributed by atoms with Crippen molar-refractivity contribution in [2.75, 3.05) is 26.0 Å². The van der Waals surface area contributed by atoms with E-state index in [1.54, 1.807) is 18.6 Å². The highest BCUT2D eigenvalue weighted by atomic mass is 32.1. The lowest BCUT2D eigenvalue weighted by Gasteiger charge is -2.26. The van der Waals surface area contributed by atoms with Gasteiger partial charge in [-0.1, -0.05) is 0 Å². The van der Waals surface area contributed by atoms with Crippen molar-refractivity contribution in [3.63, 3.8) is 0 Å². The van der Waals surface area contributed by atoms with E-state index in [9.17, 15) is 0 Å². The predicted molar refractivity (Wildman–Crippen MR) is 107 cm³/mol. The fourth-order valence-corrected chi connectivity index (χ4v) is 4.27. The molecule has 0 radical (unpaired) electrons. The van der Waals surface area contributed by atoms with Gasteiger partial charge >= 0.3 is 0 Å². The molecule has 3 aromatic heterocycles. The van der Waals surface area contributed by atoms with E-state index in [0.29, 0.717) is 6.54 Å². The van der Waals surface area contributed by atoms with Crippen molar-refractivity contribution in [3.05, 3.63) is 57.9 Å². The highest BCUT2D eigenvalue weighted by Gasteiger charge is 2.19. The topological polar surface area (TPSA) is 62.1 Å². The van der Waals surface area contributed by atoms with E-state index in [0.717, 1.165) is 44.2 Å². The summed E-state index contributed by atoms with van der Waals surface area (Å²) in [5, 5.41) is 10.3. The van der Waals surface area contributed by atoms with E-state index in [1.807, 2.05) is 11.3 Å². The van der Waals surface area contributed by atoms with Gasteiger partial charge in [0.15, 0.2) is 0 Å². The van der Waals surface area contributed by atoms with Crippen LogP contribution >= 0.6 is 11.3 Å². The quantitative estimate of drug-likeness (QED) is 0.676. The fraction of sp³-hybridized carbons (Fsp3) is 0.421. The molecule has 0 bridgehead atoms. The molecule has 7 nitrogen and oxygen atoms in total. The maximum Gasteiger partial charge on any atom is 0.144 e. The molecule has 0 saturated carbocycles. The second-order valence-electron chi connectivity index (χ2n) is 7.16.